The lowest BCUT2D eigenvalue weighted by molar-refractivity contribution is 0.102. The van der Waals surface area contributed by atoms with E-state index in [-0.39, 0.29) is 29.0 Å². The monoisotopic (exact) mass is 382 g/mol. The minimum Gasteiger partial charge on any atom is -0.408 e. The summed E-state index contributed by atoms with van der Waals surface area (Å²) in [5, 5.41) is 18.6. The highest BCUT2D eigenvalue weighted by Gasteiger charge is 2.17. The number of hydrogen-bond donors (Lipinski definition) is 1. The van der Waals surface area contributed by atoms with Crippen LogP contribution in [0.25, 0.3) is 0 Å². The molecule has 8 nitrogen and oxygen atoms in total. The molecule has 9 heteroatoms. The number of carbonyl (C=O) groups is 1. The summed E-state index contributed by atoms with van der Waals surface area (Å²) in [7, 11) is -3.46. The largest absolute Gasteiger partial charge is 0.408 e. The van der Waals surface area contributed by atoms with Gasteiger partial charge in [-0.1, -0.05) is 23.3 Å². The van der Waals surface area contributed by atoms with Gasteiger partial charge in [0.2, 0.25) is 5.89 Å². The van der Waals surface area contributed by atoms with E-state index in [1.54, 1.807) is 18.2 Å². The number of anilines is 1. The van der Waals surface area contributed by atoms with E-state index in [2.05, 4.69) is 15.5 Å². The smallest absolute Gasteiger partial charge is 0.322 e. The Labute approximate surface area is 155 Å². The lowest BCUT2D eigenvalue weighted by Gasteiger charge is -2.02. The summed E-state index contributed by atoms with van der Waals surface area (Å²) in [5.41, 5.74) is 0.756. The first kappa shape index (κ1) is 18.3. The average Bonchev–Trinajstić information content (AvgIpc) is 3.14. The first-order valence-corrected chi connectivity index (χ1v) is 9.55. The van der Waals surface area contributed by atoms with Crippen LogP contribution in [-0.4, -0.2) is 30.3 Å². The van der Waals surface area contributed by atoms with Gasteiger partial charge in [-0.25, -0.2) is 8.42 Å². The predicted molar refractivity (Wildman–Crippen MR) is 95.6 cm³/mol. The van der Waals surface area contributed by atoms with Crippen LogP contribution in [0, 0.1) is 11.3 Å². The van der Waals surface area contributed by atoms with E-state index in [1.165, 1.54) is 36.4 Å². The molecule has 0 saturated heterocycles. The molecule has 0 aliphatic heterocycles. The van der Waals surface area contributed by atoms with Crippen molar-refractivity contribution in [3.8, 4) is 6.07 Å². The molecule has 0 fully saturated rings. The Kier molecular flexibility index (Phi) is 5.28. The van der Waals surface area contributed by atoms with Crippen molar-refractivity contribution in [3.05, 3.63) is 71.6 Å². The predicted octanol–water partition coefficient (Wildman–Crippen LogP) is 2.21. The summed E-state index contributed by atoms with van der Waals surface area (Å²) in [4.78, 5) is 12.3. The Hall–Kier alpha value is -3.51. The number of nitriles is 1. The highest BCUT2D eigenvalue weighted by Crippen LogP contribution is 2.14. The number of benzene rings is 2. The molecule has 1 heterocycles. The van der Waals surface area contributed by atoms with Gasteiger partial charge >= 0.3 is 6.01 Å². The standard InChI is InChI=1S/C18H14N4O4S/c19-12-13-6-8-14(9-7-13)17(23)20-18-22-21-16(26-18)10-11-27(24,25)15-4-2-1-3-5-15/h1-9H,10-11H2,(H,20,22,23). The van der Waals surface area contributed by atoms with Crippen LogP contribution in [-0.2, 0) is 16.3 Å². The van der Waals surface area contributed by atoms with Crippen LogP contribution in [0.4, 0.5) is 6.01 Å². The van der Waals surface area contributed by atoms with Crippen molar-refractivity contribution in [1.82, 2.24) is 10.2 Å². The van der Waals surface area contributed by atoms with E-state index in [9.17, 15) is 13.2 Å². The third kappa shape index (κ3) is 4.56. The zero-order valence-corrected chi connectivity index (χ0v) is 14.8. The maximum Gasteiger partial charge on any atom is 0.322 e. The van der Waals surface area contributed by atoms with Crippen molar-refractivity contribution >= 4 is 21.8 Å². The van der Waals surface area contributed by atoms with Crippen LogP contribution in [0.5, 0.6) is 0 Å². The second-order valence-corrected chi connectivity index (χ2v) is 7.64. The van der Waals surface area contributed by atoms with Crippen molar-refractivity contribution in [2.45, 2.75) is 11.3 Å². The molecule has 0 aliphatic carbocycles. The lowest BCUT2D eigenvalue weighted by atomic mass is 10.1. The van der Waals surface area contributed by atoms with Gasteiger partial charge in [0.15, 0.2) is 9.84 Å². The summed E-state index contributed by atoms with van der Waals surface area (Å²) in [6.45, 7) is 0. The van der Waals surface area contributed by atoms with Gasteiger partial charge in [0, 0.05) is 12.0 Å². The van der Waals surface area contributed by atoms with E-state index in [4.69, 9.17) is 9.68 Å². The van der Waals surface area contributed by atoms with E-state index < -0.39 is 15.7 Å². The average molecular weight is 382 g/mol. The van der Waals surface area contributed by atoms with Gasteiger partial charge in [-0.2, -0.15) is 5.26 Å². The van der Waals surface area contributed by atoms with Gasteiger partial charge in [0.1, 0.15) is 0 Å². The van der Waals surface area contributed by atoms with Crippen LogP contribution < -0.4 is 5.32 Å². The molecule has 0 atom stereocenters. The zero-order valence-electron chi connectivity index (χ0n) is 14.0. The van der Waals surface area contributed by atoms with E-state index >= 15 is 0 Å². The Morgan fingerprint density at radius 3 is 2.44 bits per heavy atom. The van der Waals surface area contributed by atoms with E-state index in [1.807, 2.05) is 6.07 Å². The van der Waals surface area contributed by atoms with Crippen molar-refractivity contribution in [3.63, 3.8) is 0 Å². The molecular formula is C18H14N4O4S. The van der Waals surface area contributed by atoms with Crippen molar-refractivity contribution < 1.29 is 17.6 Å². The summed E-state index contributed by atoms with van der Waals surface area (Å²) in [5.74, 6) is -0.571. The number of carbonyl (C=O) groups excluding carboxylic acids is 1. The fourth-order valence-corrected chi connectivity index (χ4v) is 3.49. The summed E-state index contributed by atoms with van der Waals surface area (Å²) in [6, 6.07) is 15.9. The Morgan fingerprint density at radius 1 is 1.07 bits per heavy atom. The second-order valence-electron chi connectivity index (χ2n) is 5.53. The van der Waals surface area contributed by atoms with Gasteiger partial charge in [-0.15, -0.1) is 5.10 Å². The molecule has 0 radical (unpaired) electrons. The van der Waals surface area contributed by atoms with Gasteiger partial charge < -0.3 is 4.42 Å². The van der Waals surface area contributed by atoms with Crippen LogP contribution >= 0.6 is 0 Å². The van der Waals surface area contributed by atoms with Crippen molar-refractivity contribution in [2.24, 2.45) is 0 Å². The van der Waals surface area contributed by atoms with Gasteiger partial charge in [0.05, 0.1) is 22.3 Å². The third-order valence-electron chi connectivity index (χ3n) is 3.65. The molecule has 0 spiro atoms. The third-order valence-corrected chi connectivity index (χ3v) is 5.38. The number of sulfone groups is 1. The van der Waals surface area contributed by atoms with Crippen molar-refractivity contribution in [1.29, 1.82) is 5.26 Å². The topological polar surface area (TPSA) is 126 Å². The number of hydrogen-bond acceptors (Lipinski definition) is 7. The number of aryl methyl sites for hydroxylation is 1. The van der Waals surface area contributed by atoms with E-state index in [0.29, 0.717) is 11.1 Å². The molecule has 1 aromatic heterocycles. The maximum absolute atomic E-state index is 12.2. The molecule has 0 saturated carbocycles. The SMILES string of the molecule is N#Cc1ccc(C(=O)Nc2nnc(CCS(=O)(=O)c3ccccc3)o2)cc1. The maximum atomic E-state index is 12.2. The molecule has 136 valence electrons. The quantitative estimate of drug-likeness (QED) is 0.692. The highest BCUT2D eigenvalue weighted by atomic mass is 32.2. The molecule has 0 aliphatic rings. The van der Waals surface area contributed by atoms with Crippen LogP contribution in [0.15, 0.2) is 63.9 Å². The molecule has 0 unspecified atom stereocenters. The molecule has 2 aromatic carbocycles. The molecule has 1 N–H and O–H groups in total. The number of nitrogens with one attached hydrogen (secondary N) is 1. The first-order chi connectivity index (χ1) is 13.0. The molecule has 0 bridgehead atoms. The normalized spacial score (nSPS) is 10.9. The number of amides is 1. The Bertz CT molecular complexity index is 1080. The summed E-state index contributed by atoms with van der Waals surface area (Å²) in [6.07, 6.45) is 0.0248. The Morgan fingerprint density at radius 2 is 1.78 bits per heavy atom. The van der Waals surface area contributed by atoms with Crippen LogP contribution in [0.3, 0.4) is 0 Å². The number of rotatable bonds is 6. The fraction of sp³-hybridized carbons (Fsp3) is 0.111. The Balaban J connectivity index is 1.61. The number of nitrogens with zero attached hydrogens (tertiary/aromatic N) is 3. The molecule has 3 rings (SSSR count). The minimum absolute atomic E-state index is 0.0248. The minimum atomic E-state index is -3.46. The summed E-state index contributed by atoms with van der Waals surface area (Å²) < 4.78 is 29.8. The zero-order chi connectivity index (χ0) is 19.3. The van der Waals surface area contributed by atoms with Crippen LogP contribution in [0.1, 0.15) is 21.8 Å². The first-order valence-electron chi connectivity index (χ1n) is 7.89. The highest BCUT2D eigenvalue weighted by molar-refractivity contribution is 7.91. The molecular weight excluding hydrogens is 368 g/mol. The number of aromatic nitrogens is 2. The lowest BCUT2D eigenvalue weighted by Crippen LogP contribution is -2.12. The van der Waals surface area contributed by atoms with Crippen LogP contribution in [0.2, 0.25) is 0 Å². The summed E-state index contributed by atoms with van der Waals surface area (Å²) >= 11 is 0. The molecule has 1 amide bonds. The van der Waals surface area contributed by atoms with Crippen molar-refractivity contribution in [2.75, 3.05) is 11.1 Å². The van der Waals surface area contributed by atoms with Gasteiger partial charge in [0.25, 0.3) is 5.91 Å². The molecule has 3 aromatic rings. The van der Waals surface area contributed by atoms with Gasteiger partial charge in [-0.05, 0) is 36.4 Å². The van der Waals surface area contributed by atoms with E-state index in [0.717, 1.165) is 0 Å². The van der Waals surface area contributed by atoms with Gasteiger partial charge in [-0.3, -0.25) is 10.1 Å². The fourth-order valence-electron chi connectivity index (χ4n) is 2.24. The molecule has 27 heavy (non-hydrogen) atoms. The second kappa shape index (κ2) is 7.80.